The van der Waals surface area contributed by atoms with Crippen LogP contribution in [0, 0.1) is 11.3 Å². The summed E-state index contributed by atoms with van der Waals surface area (Å²) in [6.45, 7) is 1.55. The highest BCUT2D eigenvalue weighted by Crippen LogP contribution is 2.47. The summed E-state index contributed by atoms with van der Waals surface area (Å²) in [4.78, 5) is 29.2. The zero-order valence-corrected chi connectivity index (χ0v) is 11.6. The number of carbonyl (C=O) groups is 2. The van der Waals surface area contributed by atoms with Crippen LogP contribution in [-0.4, -0.2) is 35.2 Å². The number of Topliss-reactive ketones (excluding diaryl/α,β-unsaturated/α-hetero) is 1. The third-order valence-corrected chi connectivity index (χ3v) is 4.93. The van der Waals surface area contributed by atoms with E-state index >= 15 is 0 Å². The van der Waals surface area contributed by atoms with Crippen molar-refractivity contribution in [1.82, 2.24) is 9.88 Å². The molecule has 3 rings (SSSR count). The van der Waals surface area contributed by atoms with Crippen molar-refractivity contribution in [2.45, 2.75) is 32.1 Å². The van der Waals surface area contributed by atoms with Gasteiger partial charge >= 0.3 is 0 Å². The quantitative estimate of drug-likeness (QED) is 0.789. The number of nitrogens with zero attached hydrogens (tertiary/aromatic N) is 2. The average Bonchev–Trinajstić information content (AvgIpc) is 2.48. The number of amides is 1. The number of piperidine rings is 1. The summed E-state index contributed by atoms with van der Waals surface area (Å²) in [7, 11) is 0. The maximum absolute atomic E-state index is 11.8. The minimum atomic E-state index is 0.0431. The molecule has 1 aromatic rings. The minimum absolute atomic E-state index is 0.0431. The molecule has 1 amide bonds. The van der Waals surface area contributed by atoms with E-state index in [1.807, 2.05) is 29.3 Å². The predicted molar refractivity (Wildman–Crippen MR) is 75.0 cm³/mol. The van der Waals surface area contributed by atoms with Gasteiger partial charge in [0.2, 0.25) is 6.41 Å². The Morgan fingerprint density at radius 2 is 2.35 bits per heavy atom. The number of aromatic nitrogens is 1. The Morgan fingerprint density at radius 3 is 3.10 bits per heavy atom. The van der Waals surface area contributed by atoms with Crippen molar-refractivity contribution in [3.05, 3.63) is 30.1 Å². The molecule has 0 aromatic carbocycles. The lowest BCUT2D eigenvalue weighted by atomic mass is 9.60. The van der Waals surface area contributed by atoms with E-state index in [0.717, 1.165) is 44.5 Å². The summed E-state index contributed by atoms with van der Waals surface area (Å²) in [6.07, 6.45) is 6.79. The van der Waals surface area contributed by atoms with E-state index in [2.05, 4.69) is 4.98 Å². The highest BCUT2D eigenvalue weighted by molar-refractivity contribution is 5.79. The first-order valence-corrected chi connectivity index (χ1v) is 7.33. The average molecular weight is 272 g/mol. The second kappa shape index (κ2) is 5.35. The first-order chi connectivity index (χ1) is 9.72. The van der Waals surface area contributed by atoms with Gasteiger partial charge < -0.3 is 4.90 Å². The standard InChI is InChI=1S/C16H20N2O2/c19-12-18-8-5-13-9-15(20)4-6-16(13,11-18)10-14-3-1-2-7-17-14/h1-3,7,12-13H,4-6,8-11H2/t13?,16-/m0/s1. The Hall–Kier alpha value is -1.71. The molecule has 20 heavy (non-hydrogen) atoms. The maximum atomic E-state index is 11.8. The van der Waals surface area contributed by atoms with Crippen molar-refractivity contribution in [1.29, 1.82) is 0 Å². The molecular formula is C16H20N2O2. The Labute approximate surface area is 119 Å². The molecule has 0 spiro atoms. The van der Waals surface area contributed by atoms with E-state index in [-0.39, 0.29) is 5.41 Å². The first kappa shape index (κ1) is 13.3. The summed E-state index contributed by atoms with van der Waals surface area (Å²) in [5.74, 6) is 0.785. The van der Waals surface area contributed by atoms with E-state index in [9.17, 15) is 9.59 Å². The van der Waals surface area contributed by atoms with Crippen LogP contribution in [0.5, 0.6) is 0 Å². The molecule has 2 fully saturated rings. The lowest BCUT2D eigenvalue weighted by Crippen LogP contribution is -2.52. The van der Waals surface area contributed by atoms with Crippen LogP contribution < -0.4 is 0 Å². The van der Waals surface area contributed by atoms with E-state index in [0.29, 0.717) is 24.5 Å². The van der Waals surface area contributed by atoms with Crippen LogP contribution in [0.3, 0.4) is 0 Å². The van der Waals surface area contributed by atoms with Gasteiger partial charge in [0.1, 0.15) is 5.78 Å². The smallest absolute Gasteiger partial charge is 0.209 e. The van der Waals surface area contributed by atoms with Gasteiger partial charge in [-0.2, -0.15) is 0 Å². The Morgan fingerprint density at radius 1 is 1.45 bits per heavy atom. The van der Waals surface area contributed by atoms with Gasteiger partial charge in [-0.05, 0) is 42.7 Å². The summed E-state index contributed by atoms with van der Waals surface area (Å²) >= 11 is 0. The van der Waals surface area contributed by atoms with Crippen molar-refractivity contribution in [2.75, 3.05) is 13.1 Å². The Balaban J connectivity index is 1.87. The van der Waals surface area contributed by atoms with Crippen molar-refractivity contribution >= 4 is 12.2 Å². The molecule has 1 unspecified atom stereocenters. The van der Waals surface area contributed by atoms with Gasteiger partial charge in [-0.25, -0.2) is 0 Å². The molecule has 1 saturated heterocycles. The number of fused-ring (bicyclic) bond motifs is 1. The lowest BCUT2D eigenvalue weighted by Gasteiger charge is -2.49. The molecule has 106 valence electrons. The fourth-order valence-electron chi connectivity index (χ4n) is 3.85. The van der Waals surface area contributed by atoms with Gasteiger partial charge in [0.05, 0.1) is 0 Å². The fourth-order valence-corrected chi connectivity index (χ4v) is 3.85. The van der Waals surface area contributed by atoms with Gasteiger partial charge in [0, 0.05) is 37.8 Å². The van der Waals surface area contributed by atoms with Crippen LogP contribution in [0.2, 0.25) is 0 Å². The van der Waals surface area contributed by atoms with Crippen LogP contribution >= 0.6 is 0 Å². The van der Waals surface area contributed by atoms with Crippen molar-refractivity contribution in [2.24, 2.45) is 11.3 Å². The lowest BCUT2D eigenvalue weighted by molar-refractivity contribution is -0.131. The number of ketones is 1. The molecule has 2 atom stereocenters. The Bertz CT molecular complexity index is 502. The van der Waals surface area contributed by atoms with Crippen LogP contribution in [0.4, 0.5) is 0 Å². The molecule has 0 bridgehead atoms. The van der Waals surface area contributed by atoms with Gasteiger partial charge in [-0.15, -0.1) is 0 Å². The van der Waals surface area contributed by atoms with Crippen molar-refractivity contribution < 1.29 is 9.59 Å². The predicted octanol–water partition coefficient (Wildman–Crippen LogP) is 1.84. The zero-order valence-electron chi connectivity index (χ0n) is 11.6. The van der Waals surface area contributed by atoms with Gasteiger partial charge in [-0.3, -0.25) is 14.6 Å². The van der Waals surface area contributed by atoms with Gasteiger partial charge in [-0.1, -0.05) is 6.07 Å². The van der Waals surface area contributed by atoms with Crippen LogP contribution in [0.1, 0.15) is 31.4 Å². The normalized spacial score (nSPS) is 29.9. The number of carbonyl (C=O) groups excluding carboxylic acids is 2. The summed E-state index contributed by atoms with van der Waals surface area (Å²) in [5.41, 5.74) is 1.11. The molecule has 1 saturated carbocycles. The summed E-state index contributed by atoms with van der Waals surface area (Å²) in [6, 6.07) is 5.96. The van der Waals surface area contributed by atoms with E-state index in [1.165, 1.54) is 0 Å². The number of likely N-dealkylation sites (tertiary alicyclic amines) is 1. The topological polar surface area (TPSA) is 50.3 Å². The molecule has 1 aliphatic carbocycles. The van der Waals surface area contributed by atoms with E-state index in [1.54, 1.807) is 0 Å². The molecule has 0 radical (unpaired) electrons. The number of pyridine rings is 1. The van der Waals surface area contributed by atoms with E-state index in [4.69, 9.17) is 0 Å². The van der Waals surface area contributed by atoms with E-state index < -0.39 is 0 Å². The van der Waals surface area contributed by atoms with Crippen molar-refractivity contribution in [3.63, 3.8) is 0 Å². The second-order valence-electron chi connectivity index (χ2n) is 6.16. The Kier molecular flexibility index (Phi) is 3.55. The largest absolute Gasteiger partial charge is 0.345 e. The van der Waals surface area contributed by atoms with Crippen molar-refractivity contribution in [3.8, 4) is 0 Å². The summed E-state index contributed by atoms with van der Waals surface area (Å²) in [5, 5.41) is 0. The molecule has 1 aromatic heterocycles. The third-order valence-electron chi connectivity index (χ3n) is 4.93. The highest BCUT2D eigenvalue weighted by Gasteiger charge is 2.46. The molecule has 2 aliphatic rings. The number of hydrogen-bond donors (Lipinski definition) is 0. The van der Waals surface area contributed by atoms with Gasteiger partial charge in [0.25, 0.3) is 0 Å². The van der Waals surface area contributed by atoms with Crippen LogP contribution in [-0.2, 0) is 16.0 Å². The number of hydrogen-bond acceptors (Lipinski definition) is 3. The summed E-state index contributed by atoms with van der Waals surface area (Å²) < 4.78 is 0. The maximum Gasteiger partial charge on any atom is 0.209 e. The second-order valence-corrected chi connectivity index (χ2v) is 6.16. The minimum Gasteiger partial charge on any atom is -0.345 e. The highest BCUT2D eigenvalue weighted by atomic mass is 16.1. The van der Waals surface area contributed by atoms with Crippen LogP contribution in [0.15, 0.2) is 24.4 Å². The molecule has 4 heteroatoms. The molecule has 2 heterocycles. The number of rotatable bonds is 3. The first-order valence-electron chi connectivity index (χ1n) is 7.33. The van der Waals surface area contributed by atoms with Crippen LogP contribution in [0.25, 0.3) is 0 Å². The molecule has 1 aliphatic heterocycles. The molecular weight excluding hydrogens is 252 g/mol. The molecule has 0 N–H and O–H groups in total. The monoisotopic (exact) mass is 272 g/mol. The van der Waals surface area contributed by atoms with Gasteiger partial charge in [0.15, 0.2) is 0 Å². The third kappa shape index (κ3) is 2.47. The SMILES string of the molecule is O=CN1CCC2CC(=O)CC[C@]2(Cc2ccccn2)C1. The fraction of sp³-hybridized carbons (Fsp3) is 0.562. The zero-order chi connectivity index (χ0) is 14.0. The molecule has 4 nitrogen and oxygen atoms in total.